The van der Waals surface area contributed by atoms with Crippen LogP contribution in [0.3, 0.4) is 0 Å². The zero-order valence-corrected chi connectivity index (χ0v) is 29.2. The summed E-state index contributed by atoms with van der Waals surface area (Å²) in [5, 5.41) is 0. The van der Waals surface area contributed by atoms with Crippen LogP contribution in [0.25, 0.3) is 0 Å². The maximum absolute atomic E-state index is 6.80. The van der Waals surface area contributed by atoms with Crippen LogP contribution in [0.4, 0.5) is 0 Å². The second-order valence-corrected chi connectivity index (χ2v) is 14.4. The Bertz CT molecular complexity index is 690. The minimum Gasteiger partial charge on any atom is -0.101 e. The van der Waals surface area contributed by atoms with Gasteiger partial charge in [-0.25, -0.2) is 0 Å². The molecule has 0 amide bonds. The lowest BCUT2D eigenvalue weighted by Crippen LogP contribution is -2.94. The quantitative estimate of drug-likeness (QED) is 0.122. The normalized spacial score (nSPS) is 9.72. The van der Waals surface area contributed by atoms with E-state index in [0.29, 0.717) is 0 Å². The lowest BCUT2D eigenvalue weighted by Gasteiger charge is -2.56. The van der Waals surface area contributed by atoms with Crippen LogP contribution in [0.2, 0.25) is 34.1 Å². The topological polar surface area (TPSA) is 0 Å². The van der Waals surface area contributed by atoms with Crippen LogP contribution >= 0.6 is 0 Å². The second kappa shape index (κ2) is 22.8. The van der Waals surface area contributed by atoms with Crippen molar-refractivity contribution in [1.82, 2.24) is 0 Å². The predicted octanol–water partition coefficient (Wildman–Crippen LogP) is -13.1. The van der Waals surface area contributed by atoms with Gasteiger partial charge in [0, 0.05) is 275 Å². The van der Waals surface area contributed by atoms with Gasteiger partial charge in [-0.05, 0) is 0 Å². The average molecular weight is 529 g/mol. The van der Waals surface area contributed by atoms with E-state index in [1.807, 2.05) is 0 Å². The molecule has 0 aliphatic carbocycles. The Morgan fingerprint density at radius 1 is 0.255 bits per heavy atom. The van der Waals surface area contributed by atoms with Crippen LogP contribution in [-0.4, -0.2) is 295 Å². The summed E-state index contributed by atoms with van der Waals surface area (Å²) < 4.78 is 0. The van der Waals surface area contributed by atoms with E-state index in [1.165, 1.54) is 0 Å². The van der Waals surface area contributed by atoms with Crippen LogP contribution < -0.4 is 0 Å². The van der Waals surface area contributed by atoms with Gasteiger partial charge in [-0.3, -0.25) is 0 Å². The summed E-state index contributed by atoms with van der Waals surface area (Å²) in [6, 6.07) is 0. The summed E-state index contributed by atoms with van der Waals surface area (Å²) >= 11 is 0. The van der Waals surface area contributed by atoms with Crippen molar-refractivity contribution in [2.75, 3.05) is 0 Å². The van der Waals surface area contributed by atoms with Crippen LogP contribution in [0.15, 0.2) is 0 Å². The van der Waals surface area contributed by atoms with Gasteiger partial charge in [-0.1, -0.05) is 27.3 Å². The van der Waals surface area contributed by atoms with E-state index < -0.39 is 121 Å². The maximum atomic E-state index is 6.80. The third-order valence-corrected chi connectivity index (χ3v) is 10.4. The van der Waals surface area contributed by atoms with Gasteiger partial charge >= 0.3 is 0 Å². The van der Waals surface area contributed by atoms with Gasteiger partial charge in [-0.15, -0.1) is 6.82 Å². The summed E-state index contributed by atoms with van der Waals surface area (Å²) in [5.74, 6) is 0. The monoisotopic (exact) mass is 538 g/mol. The largest absolute Gasteiger partial charge is 0.101 e. The number of hydrogen-bond donors (Lipinski definition) is 0. The lowest BCUT2D eigenvalue weighted by atomic mass is 8.26. The molecular weight excluding hydrogens is 514 g/mol. The van der Waals surface area contributed by atoms with Gasteiger partial charge in [-0.2, -0.15) is 0 Å². The molecule has 0 bridgehead atoms. The third kappa shape index (κ3) is 13.5. The first-order valence-electron chi connectivity index (χ1n) is 16.6. The van der Waals surface area contributed by atoms with Crippen molar-refractivity contribution in [2.24, 2.45) is 0 Å². The first-order chi connectivity index (χ1) is 21.4. The highest BCUT2D eigenvalue weighted by atomic mass is 13.5. The van der Waals surface area contributed by atoms with Crippen molar-refractivity contribution in [3.05, 3.63) is 0 Å². The Hall–Kier alpha value is 2.73. The summed E-state index contributed by atoms with van der Waals surface area (Å²) in [6.07, 6.45) is -18.7. The smallest absolute Gasteiger partial charge is 0.0850 e. The molecule has 42 heteroatoms. The Kier molecular flexibility index (Phi) is 24.2. The van der Waals surface area contributed by atoms with Gasteiger partial charge in [0.05, 0.1) is 20.4 Å². The van der Waals surface area contributed by atoms with Crippen LogP contribution in [0, 0.1) is 0 Å². The highest BCUT2D eigenvalue weighted by Gasteiger charge is 2.59. The molecule has 0 rings (SSSR count). The molecule has 39 radical (unpaired) electrons. The molecule has 0 heterocycles. The highest BCUT2D eigenvalue weighted by molar-refractivity contribution is 8.33. The summed E-state index contributed by atoms with van der Waals surface area (Å²) in [5.41, 5.74) is 0. The Balaban J connectivity index is 9.21. The zero-order chi connectivity index (χ0) is 37.4. The third-order valence-electron chi connectivity index (χ3n) is 10.4. The van der Waals surface area contributed by atoms with Crippen molar-refractivity contribution in [2.45, 2.75) is 34.1 Å². The van der Waals surface area contributed by atoms with E-state index in [9.17, 15) is 0 Å². The van der Waals surface area contributed by atoms with Gasteiger partial charge in [0.1, 0.15) is 0 Å². The first kappa shape index (κ1) is 49.7. The molecule has 0 saturated carbocycles. The minimum absolute atomic E-state index is 0.0233. The molecule has 0 aromatic heterocycles. The molecular formula is C5H15B42. The molecule has 0 aliphatic heterocycles. The van der Waals surface area contributed by atoms with Crippen molar-refractivity contribution < 1.29 is 0 Å². The van der Waals surface area contributed by atoms with Crippen molar-refractivity contribution in [3.63, 3.8) is 0 Å². The van der Waals surface area contributed by atoms with Crippen LogP contribution in [0.5, 0.6) is 0 Å². The first-order valence-corrected chi connectivity index (χ1v) is 16.6. The molecule has 0 N–H and O–H groups in total. The van der Waals surface area contributed by atoms with E-state index >= 15 is 0 Å². The lowest BCUT2D eigenvalue weighted by molar-refractivity contribution is 2.05. The number of rotatable bonds is 22. The molecule has 161 valence electrons. The maximum Gasteiger partial charge on any atom is 0.0850 e. The summed E-state index contributed by atoms with van der Waals surface area (Å²) in [6.45, 7) is 9.94. The highest BCUT2D eigenvalue weighted by Crippen LogP contribution is 2.22. The van der Waals surface area contributed by atoms with Crippen molar-refractivity contribution in [1.29, 1.82) is 0 Å². The average Bonchev–Trinajstić information content (AvgIpc) is 2.86. The van der Waals surface area contributed by atoms with E-state index in [1.54, 1.807) is 14.0 Å². The molecule has 0 unspecified atom stereocenters. The molecule has 0 atom stereocenters. The Morgan fingerprint density at radius 3 is 0.596 bits per heavy atom. The van der Waals surface area contributed by atoms with Crippen LogP contribution in [0.1, 0.15) is 0 Å². The minimum atomic E-state index is -1.15. The van der Waals surface area contributed by atoms with E-state index in [-0.39, 0.29) is 19.6 Å². The van der Waals surface area contributed by atoms with Crippen LogP contribution in [-0.2, 0) is 0 Å². The fourth-order valence-corrected chi connectivity index (χ4v) is 8.81. The Labute approximate surface area is 326 Å². The van der Waals surface area contributed by atoms with Gasteiger partial charge in [0.15, 0.2) is 0 Å². The predicted molar refractivity (Wildman–Crippen MR) is 271 cm³/mol. The van der Waals surface area contributed by atoms with Gasteiger partial charge < -0.3 is 0 Å². The summed E-state index contributed by atoms with van der Waals surface area (Å²) in [4.78, 5) is 0. The molecule has 0 aromatic carbocycles. The molecule has 0 spiro atoms. The molecule has 0 aromatic rings. The standard InChI is InChI=1S/C5H15B42/c1-25-37(24)43(36(22)23)46(42(34(18)19)35(20)21)47(44(38(26(2)3)27(4)5)39(28(6)7)29(8)9)45(40(30(10)11)31(12)13)41(32(14)15)33(16)17/h1-5H3. The molecule has 0 aliphatic rings. The molecule has 0 fully saturated rings. The fourth-order valence-electron chi connectivity index (χ4n) is 8.81. The molecule has 47 heavy (non-hydrogen) atoms. The van der Waals surface area contributed by atoms with Gasteiger partial charge in [0.2, 0.25) is 0 Å². The Morgan fingerprint density at radius 2 is 0.426 bits per heavy atom. The van der Waals surface area contributed by atoms with Crippen molar-refractivity contribution in [3.8, 4) is 0 Å². The van der Waals surface area contributed by atoms with E-state index in [4.69, 9.17) is 147 Å². The zero-order valence-electron chi connectivity index (χ0n) is 29.2. The van der Waals surface area contributed by atoms with Crippen molar-refractivity contribution >= 4 is 295 Å². The molecule has 0 nitrogen and oxygen atoms in total. The SMILES string of the molecule is [B]B([B])B(B([B])[B])B(B(B([B])[B])B([B])[B])B(B(B(B([B])[B])B([B])[B])B(B(C)C)B(C)C)B(B(B([B])[B])B([B])[B])B(B([B])[B])B([B])[B]C. The second-order valence-electron chi connectivity index (χ2n) is 14.4. The number of hydrogen-bond acceptors (Lipinski definition) is 0. The van der Waals surface area contributed by atoms with Gasteiger partial charge in [0.25, 0.3) is 0 Å². The summed E-state index contributed by atoms with van der Waals surface area (Å²) in [7, 11) is 126. The van der Waals surface area contributed by atoms with E-state index in [2.05, 4.69) is 27.3 Å². The fraction of sp³-hybridized carbons (Fsp3) is 1.00. The van der Waals surface area contributed by atoms with E-state index in [0.717, 1.165) is 0 Å². The molecule has 0 saturated heterocycles.